The Bertz CT molecular complexity index is 1080. The van der Waals surface area contributed by atoms with Gasteiger partial charge in [-0.2, -0.15) is 4.31 Å². The first-order chi connectivity index (χ1) is 14.7. The van der Waals surface area contributed by atoms with Crippen molar-refractivity contribution in [2.75, 3.05) is 29.9 Å². The van der Waals surface area contributed by atoms with Crippen LogP contribution in [0.5, 0.6) is 0 Å². The Morgan fingerprint density at radius 2 is 1.90 bits per heavy atom. The zero-order valence-corrected chi connectivity index (χ0v) is 19.0. The highest BCUT2D eigenvalue weighted by Gasteiger charge is 2.28. The third-order valence-electron chi connectivity index (χ3n) is 5.40. The molecule has 1 heterocycles. The largest absolute Gasteiger partial charge is 0.325 e. The van der Waals surface area contributed by atoms with Crippen molar-refractivity contribution in [1.82, 2.24) is 4.31 Å². The molecule has 0 saturated heterocycles. The van der Waals surface area contributed by atoms with E-state index in [1.807, 2.05) is 32.0 Å². The molecule has 0 saturated carbocycles. The topological polar surface area (TPSA) is 86.8 Å². The number of amides is 2. The molecule has 1 N–H and O–H groups in total. The van der Waals surface area contributed by atoms with Gasteiger partial charge < -0.3 is 10.2 Å². The van der Waals surface area contributed by atoms with Crippen molar-refractivity contribution in [3.8, 4) is 0 Å². The van der Waals surface area contributed by atoms with Gasteiger partial charge in [-0.1, -0.05) is 25.1 Å². The second-order valence-electron chi connectivity index (χ2n) is 7.77. The van der Waals surface area contributed by atoms with Crippen LogP contribution in [-0.2, 0) is 26.0 Å². The Kier molecular flexibility index (Phi) is 7.12. The Balaban J connectivity index is 1.84. The lowest BCUT2D eigenvalue weighted by Crippen LogP contribution is -2.39. The van der Waals surface area contributed by atoms with E-state index in [2.05, 4.69) is 5.32 Å². The van der Waals surface area contributed by atoms with Crippen LogP contribution in [0.3, 0.4) is 0 Å². The van der Waals surface area contributed by atoms with E-state index < -0.39 is 10.0 Å². The molecule has 2 amide bonds. The van der Waals surface area contributed by atoms with Crippen LogP contribution in [-0.4, -0.2) is 44.2 Å². The van der Waals surface area contributed by atoms with Crippen LogP contribution in [0.4, 0.5) is 11.4 Å². The van der Waals surface area contributed by atoms with E-state index in [1.165, 1.54) is 17.3 Å². The number of rotatable bonds is 7. The highest BCUT2D eigenvalue weighted by atomic mass is 32.2. The van der Waals surface area contributed by atoms with E-state index in [0.29, 0.717) is 25.1 Å². The molecule has 31 heavy (non-hydrogen) atoms. The number of hydrogen-bond donors (Lipinski definition) is 1. The minimum atomic E-state index is -3.86. The van der Waals surface area contributed by atoms with Crippen LogP contribution in [0.1, 0.15) is 37.8 Å². The molecule has 0 aromatic heterocycles. The highest BCUT2D eigenvalue weighted by Crippen LogP contribution is 2.30. The summed E-state index contributed by atoms with van der Waals surface area (Å²) in [4.78, 5) is 26.3. The molecule has 8 heteroatoms. The average molecular weight is 444 g/mol. The van der Waals surface area contributed by atoms with Crippen LogP contribution in [0.2, 0.25) is 0 Å². The lowest BCUT2D eigenvalue weighted by Gasteiger charge is -2.29. The Morgan fingerprint density at radius 3 is 2.58 bits per heavy atom. The van der Waals surface area contributed by atoms with Gasteiger partial charge in [0.2, 0.25) is 21.8 Å². The van der Waals surface area contributed by atoms with Gasteiger partial charge in [0.05, 0.1) is 11.4 Å². The maximum absolute atomic E-state index is 13.3. The first kappa shape index (κ1) is 23.0. The lowest BCUT2D eigenvalue weighted by molar-refractivity contribution is -0.117. The maximum Gasteiger partial charge on any atom is 0.243 e. The molecule has 2 aromatic rings. The van der Waals surface area contributed by atoms with Crippen molar-refractivity contribution in [3.63, 3.8) is 0 Å². The minimum absolute atomic E-state index is 0.0583. The molecule has 7 nitrogen and oxygen atoms in total. The normalized spacial score (nSPS) is 13.7. The third kappa shape index (κ3) is 5.14. The van der Waals surface area contributed by atoms with Crippen LogP contribution in [0, 0.1) is 6.92 Å². The number of hydrogen-bond acceptors (Lipinski definition) is 4. The number of benzene rings is 2. The quantitative estimate of drug-likeness (QED) is 0.711. The first-order valence-corrected chi connectivity index (χ1v) is 11.9. The van der Waals surface area contributed by atoms with Gasteiger partial charge in [0.1, 0.15) is 0 Å². The minimum Gasteiger partial charge on any atom is -0.325 e. The molecular weight excluding hydrogens is 414 g/mol. The van der Waals surface area contributed by atoms with Crippen LogP contribution in [0.15, 0.2) is 47.4 Å². The van der Waals surface area contributed by atoms with E-state index >= 15 is 0 Å². The van der Waals surface area contributed by atoms with Crippen molar-refractivity contribution in [2.24, 2.45) is 0 Å². The molecule has 0 unspecified atom stereocenters. The number of anilines is 2. The molecule has 166 valence electrons. The third-order valence-corrected chi connectivity index (χ3v) is 7.24. The zero-order chi connectivity index (χ0) is 22.6. The summed E-state index contributed by atoms with van der Waals surface area (Å²) in [5.41, 5.74) is 3.17. The van der Waals surface area contributed by atoms with E-state index in [0.717, 1.165) is 23.2 Å². The van der Waals surface area contributed by atoms with Crippen LogP contribution >= 0.6 is 0 Å². The number of aryl methyl sites for hydroxylation is 2. The number of para-hydroxylation sites is 1. The molecule has 0 radical (unpaired) electrons. The molecule has 1 aliphatic heterocycles. The summed E-state index contributed by atoms with van der Waals surface area (Å²) < 4.78 is 27.9. The molecule has 0 fully saturated rings. The molecule has 0 atom stereocenters. The van der Waals surface area contributed by atoms with Crippen molar-refractivity contribution in [1.29, 1.82) is 0 Å². The summed E-state index contributed by atoms with van der Waals surface area (Å²) in [6.07, 6.45) is 2.08. The molecule has 0 bridgehead atoms. The predicted octanol–water partition coefficient (Wildman–Crippen LogP) is 3.33. The average Bonchev–Trinajstić information content (AvgIpc) is 2.74. The van der Waals surface area contributed by atoms with Gasteiger partial charge in [-0.25, -0.2) is 8.42 Å². The van der Waals surface area contributed by atoms with Crippen LogP contribution in [0.25, 0.3) is 0 Å². The fraction of sp³-hybridized carbons (Fsp3) is 0.391. The zero-order valence-electron chi connectivity index (χ0n) is 18.2. The summed E-state index contributed by atoms with van der Waals surface area (Å²) in [7, 11) is -3.86. The summed E-state index contributed by atoms with van der Waals surface area (Å²) in [6, 6.07) is 12.2. The molecule has 0 spiro atoms. The van der Waals surface area contributed by atoms with Gasteiger partial charge in [-0.3, -0.25) is 9.59 Å². The van der Waals surface area contributed by atoms with Crippen LogP contribution < -0.4 is 10.2 Å². The second-order valence-corrected chi connectivity index (χ2v) is 9.70. The van der Waals surface area contributed by atoms with Gasteiger partial charge in [0, 0.05) is 31.4 Å². The Hall–Kier alpha value is -2.71. The molecule has 0 aliphatic carbocycles. The smallest absolute Gasteiger partial charge is 0.243 e. The molecule has 3 rings (SSSR count). The lowest BCUT2D eigenvalue weighted by atomic mass is 10.0. The Morgan fingerprint density at radius 1 is 1.16 bits per heavy atom. The fourth-order valence-corrected chi connectivity index (χ4v) is 5.35. The summed E-state index contributed by atoms with van der Waals surface area (Å²) in [5.74, 6) is -0.441. The highest BCUT2D eigenvalue weighted by molar-refractivity contribution is 7.89. The van der Waals surface area contributed by atoms with E-state index in [1.54, 1.807) is 23.1 Å². The van der Waals surface area contributed by atoms with Gasteiger partial charge in [0.15, 0.2) is 0 Å². The van der Waals surface area contributed by atoms with Gasteiger partial charge >= 0.3 is 0 Å². The maximum atomic E-state index is 13.3. The standard InChI is InChI=1S/C23H29N3O4S/c1-4-13-25(16-23(28)24-21-10-6-5-8-17(21)2)31(29,30)20-11-12-22-19(15-20)9-7-14-26(22)18(3)27/h5-6,8,10-12,15H,4,7,9,13-14,16H2,1-3H3,(H,24,28). The first-order valence-electron chi connectivity index (χ1n) is 10.5. The van der Waals surface area contributed by atoms with E-state index in [9.17, 15) is 18.0 Å². The van der Waals surface area contributed by atoms with Crippen molar-refractivity contribution < 1.29 is 18.0 Å². The SMILES string of the molecule is CCCN(CC(=O)Nc1ccccc1C)S(=O)(=O)c1ccc2c(c1)CCCN2C(C)=O. The summed E-state index contributed by atoms with van der Waals surface area (Å²) in [5, 5.41) is 2.80. The number of fused-ring (bicyclic) bond motifs is 1. The van der Waals surface area contributed by atoms with Gasteiger partial charge in [0.25, 0.3) is 0 Å². The molecular formula is C23H29N3O4S. The number of carbonyl (C=O) groups is 2. The number of sulfonamides is 1. The van der Waals surface area contributed by atoms with E-state index in [4.69, 9.17) is 0 Å². The summed E-state index contributed by atoms with van der Waals surface area (Å²) >= 11 is 0. The molecule has 2 aromatic carbocycles. The van der Waals surface area contributed by atoms with Crippen molar-refractivity contribution in [3.05, 3.63) is 53.6 Å². The summed E-state index contributed by atoms with van der Waals surface area (Å²) in [6.45, 7) is 5.87. The van der Waals surface area contributed by atoms with Gasteiger partial charge in [-0.05, 0) is 61.6 Å². The monoisotopic (exact) mass is 443 g/mol. The van der Waals surface area contributed by atoms with Crippen molar-refractivity contribution in [2.45, 2.75) is 44.9 Å². The second kappa shape index (κ2) is 9.62. The Labute approximate surface area is 184 Å². The number of nitrogens with one attached hydrogen (secondary N) is 1. The number of carbonyl (C=O) groups excluding carboxylic acids is 2. The van der Waals surface area contributed by atoms with E-state index in [-0.39, 0.29) is 29.8 Å². The van der Waals surface area contributed by atoms with Gasteiger partial charge in [-0.15, -0.1) is 0 Å². The predicted molar refractivity (Wildman–Crippen MR) is 122 cm³/mol. The number of nitrogens with zero attached hydrogens (tertiary/aromatic N) is 2. The fourth-order valence-electron chi connectivity index (χ4n) is 3.81. The van der Waals surface area contributed by atoms with Crippen molar-refractivity contribution >= 4 is 33.2 Å². The molecule has 1 aliphatic rings.